The Morgan fingerprint density at radius 3 is 2.89 bits per heavy atom. The van der Waals surface area contributed by atoms with E-state index < -0.39 is 0 Å². The van der Waals surface area contributed by atoms with Crippen molar-refractivity contribution in [2.24, 2.45) is 5.92 Å². The highest BCUT2D eigenvalue weighted by molar-refractivity contribution is 6.35. The fourth-order valence-corrected chi connectivity index (χ4v) is 2.71. The van der Waals surface area contributed by atoms with Gasteiger partial charge in [0.05, 0.1) is 6.10 Å². The van der Waals surface area contributed by atoms with E-state index in [4.69, 9.17) is 28.3 Å². The zero-order valence-electron chi connectivity index (χ0n) is 10.7. The molecule has 1 fully saturated rings. The first kappa shape index (κ1) is 14.6. The summed E-state index contributed by atoms with van der Waals surface area (Å²) in [6.45, 7) is 2.22. The van der Waals surface area contributed by atoms with Gasteiger partial charge in [-0.1, -0.05) is 29.3 Å². The Morgan fingerprint density at radius 1 is 1.53 bits per heavy atom. The minimum absolute atomic E-state index is 0.00678. The lowest BCUT2D eigenvalue weighted by Crippen LogP contribution is -2.28. The summed E-state index contributed by atoms with van der Waals surface area (Å²) >= 11 is 12.0. The minimum atomic E-state index is -0.388. The van der Waals surface area contributed by atoms with E-state index in [9.17, 15) is 4.79 Å². The average molecular weight is 302 g/mol. The van der Waals surface area contributed by atoms with Gasteiger partial charge in [0.25, 0.3) is 0 Å². The number of halogens is 2. The molecule has 0 saturated heterocycles. The van der Waals surface area contributed by atoms with Gasteiger partial charge in [0.1, 0.15) is 0 Å². The lowest BCUT2D eigenvalue weighted by atomic mass is 10.1. The predicted molar refractivity (Wildman–Crippen MR) is 76.6 cm³/mol. The zero-order chi connectivity index (χ0) is 14.0. The van der Waals surface area contributed by atoms with Gasteiger partial charge in [0.15, 0.2) is 0 Å². The number of aliphatic hydroxyl groups excluding tert-OH is 1. The van der Waals surface area contributed by atoms with E-state index in [-0.39, 0.29) is 23.8 Å². The second kappa shape index (κ2) is 6.12. The quantitative estimate of drug-likeness (QED) is 0.878. The number of carbonyl (C=O) groups excluding carboxylic acids is 1. The standard InChI is InChI=1S/C14H17Cl2NO2/c1-8(18)4-5-17-14(19)12-7-11(12)10-3-2-9(15)6-13(10)16/h2-3,6,8,11-12,18H,4-5,7H2,1H3,(H,17,19). The average Bonchev–Trinajstić information content (AvgIpc) is 3.08. The summed E-state index contributed by atoms with van der Waals surface area (Å²) in [6, 6.07) is 5.39. The third-order valence-corrected chi connectivity index (χ3v) is 3.91. The van der Waals surface area contributed by atoms with Crippen molar-refractivity contribution in [3.63, 3.8) is 0 Å². The Balaban J connectivity index is 1.88. The van der Waals surface area contributed by atoms with Crippen molar-refractivity contribution >= 4 is 29.1 Å². The number of aliphatic hydroxyl groups is 1. The van der Waals surface area contributed by atoms with Crippen LogP contribution in [0.2, 0.25) is 10.0 Å². The topological polar surface area (TPSA) is 49.3 Å². The van der Waals surface area contributed by atoms with Crippen LogP contribution in [0.25, 0.3) is 0 Å². The fraction of sp³-hybridized carbons (Fsp3) is 0.500. The van der Waals surface area contributed by atoms with Crippen molar-refractivity contribution in [2.75, 3.05) is 6.54 Å². The van der Waals surface area contributed by atoms with E-state index in [1.165, 1.54) is 0 Å². The van der Waals surface area contributed by atoms with Crippen LogP contribution in [-0.2, 0) is 4.79 Å². The van der Waals surface area contributed by atoms with Crippen LogP contribution in [0, 0.1) is 5.92 Å². The second-order valence-electron chi connectivity index (χ2n) is 5.04. The van der Waals surface area contributed by atoms with Crippen molar-refractivity contribution in [1.29, 1.82) is 0 Å². The molecule has 1 aliphatic rings. The third kappa shape index (κ3) is 3.85. The van der Waals surface area contributed by atoms with Gasteiger partial charge >= 0.3 is 0 Å². The number of amides is 1. The molecule has 0 heterocycles. The maximum Gasteiger partial charge on any atom is 0.223 e. The molecule has 0 aromatic heterocycles. The summed E-state index contributed by atoms with van der Waals surface area (Å²) in [5.74, 6) is 0.223. The van der Waals surface area contributed by atoms with E-state index in [2.05, 4.69) is 5.32 Å². The van der Waals surface area contributed by atoms with Gasteiger partial charge in [-0.05, 0) is 43.4 Å². The molecule has 19 heavy (non-hydrogen) atoms. The Hall–Kier alpha value is -0.770. The first-order valence-electron chi connectivity index (χ1n) is 6.39. The largest absolute Gasteiger partial charge is 0.393 e. The van der Waals surface area contributed by atoms with E-state index in [1.54, 1.807) is 19.1 Å². The molecule has 5 heteroatoms. The van der Waals surface area contributed by atoms with Crippen LogP contribution in [0.5, 0.6) is 0 Å². The van der Waals surface area contributed by atoms with Gasteiger partial charge in [-0.15, -0.1) is 0 Å². The molecule has 0 bridgehead atoms. The molecule has 104 valence electrons. The van der Waals surface area contributed by atoms with Gasteiger partial charge in [0, 0.05) is 22.5 Å². The summed E-state index contributed by atoms with van der Waals surface area (Å²) in [6.07, 6.45) is 1.01. The van der Waals surface area contributed by atoms with Crippen molar-refractivity contribution in [3.8, 4) is 0 Å². The van der Waals surface area contributed by atoms with Crippen molar-refractivity contribution in [2.45, 2.75) is 31.8 Å². The molecule has 3 atom stereocenters. The van der Waals surface area contributed by atoms with Crippen LogP contribution in [0.1, 0.15) is 31.2 Å². The van der Waals surface area contributed by atoms with E-state index in [0.717, 1.165) is 12.0 Å². The molecule has 1 aliphatic carbocycles. The maximum absolute atomic E-state index is 11.9. The molecule has 1 aromatic rings. The van der Waals surface area contributed by atoms with E-state index in [0.29, 0.717) is 23.0 Å². The molecular weight excluding hydrogens is 285 g/mol. The molecule has 1 amide bonds. The predicted octanol–water partition coefficient (Wildman–Crippen LogP) is 2.98. The number of rotatable bonds is 5. The van der Waals surface area contributed by atoms with Crippen LogP contribution in [0.4, 0.5) is 0 Å². The normalized spacial score (nSPS) is 22.9. The third-order valence-electron chi connectivity index (χ3n) is 3.35. The molecule has 1 saturated carbocycles. The summed E-state index contributed by atoms with van der Waals surface area (Å²) in [5, 5.41) is 13.2. The summed E-state index contributed by atoms with van der Waals surface area (Å²) in [7, 11) is 0. The first-order valence-corrected chi connectivity index (χ1v) is 7.15. The highest BCUT2D eigenvalue weighted by Gasteiger charge is 2.44. The Labute approximate surface area is 122 Å². The molecule has 2 rings (SSSR count). The van der Waals surface area contributed by atoms with Crippen LogP contribution in [0.15, 0.2) is 18.2 Å². The van der Waals surface area contributed by atoms with E-state index in [1.807, 2.05) is 6.07 Å². The van der Waals surface area contributed by atoms with Gasteiger partial charge < -0.3 is 10.4 Å². The molecule has 0 spiro atoms. The maximum atomic E-state index is 11.9. The van der Waals surface area contributed by atoms with Gasteiger partial charge in [-0.25, -0.2) is 0 Å². The van der Waals surface area contributed by atoms with Crippen LogP contribution >= 0.6 is 23.2 Å². The summed E-state index contributed by atoms with van der Waals surface area (Å²) in [5.41, 5.74) is 0.988. The Bertz CT molecular complexity index is 477. The monoisotopic (exact) mass is 301 g/mol. The number of benzene rings is 1. The molecule has 1 aromatic carbocycles. The SMILES string of the molecule is CC(O)CCNC(=O)C1CC1c1ccc(Cl)cc1Cl. The highest BCUT2D eigenvalue weighted by Crippen LogP contribution is 2.49. The second-order valence-corrected chi connectivity index (χ2v) is 5.89. The Kier molecular flexibility index (Phi) is 4.71. The summed E-state index contributed by atoms with van der Waals surface area (Å²) < 4.78 is 0. The van der Waals surface area contributed by atoms with Crippen molar-refractivity contribution in [3.05, 3.63) is 33.8 Å². The number of nitrogens with one attached hydrogen (secondary N) is 1. The Morgan fingerprint density at radius 2 is 2.26 bits per heavy atom. The highest BCUT2D eigenvalue weighted by atomic mass is 35.5. The van der Waals surface area contributed by atoms with Gasteiger partial charge in [-0.3, -0.25) is 4.79 Å². The van der Waals surface area contributed by atoms with Crippen molar-refractivity contribution < 1.29 is 9.90 Å². The number of carbonyl (C=O) groups is 1. The van der Waals surface area contributed by atoms with Crippen LogP contribution in [0.3, 0.4) is 0 Å². The molecule has 0 aliphatic heterocycles. The first-order chi connectivity index (χ1) is 8.99. The lowest BCUT2D eigenvalue weighted by Gasteiger charge is -2.07. The van der Waals surface area contributed by atoms with Crippen LogP contribution in [-0.4, -0.2) is 23.7 Å². The molecular formula is C14H17Cl2NO2. The van der Waals surface area contributed by atoms with Gasteiger partial charge in [0.2, 0.25) is 5.91 Å². The minimum Gasteiger partial charge on any atom is -0.393 e. The van der Waals surface area contributed by atoms with Crippen molar-refractivity contribution in [1.82, 2.24) is 5.32 Å². The summed E-state index contributed by atoms with van der Waals surface area (Å²) in [4.78, 5) is 11.9. The number of hydrogen-bond acceptors (Lipinski definition) is 2. The number of hydrogen-bond donors (Lipinski definition) is 2. The van der Waals surface area contributed by atoms with Crippen LogP contribution < -0.4 is 5.32 Å². The molecule has 2 N–H and O–H groups in total. The van der Waals surface area contributed by atoms with Gasteiger partial charge in [-0.2, -0.15) is 0 Å². The zero-order valence-corrected chi connectivity index (χ0v) is 12.2. The molecule has 3 unspecified atom stereocenters. The molecule has 0 radical (unpaired) electrons. The lowest BCUT2D eigenvalue weighted by molar-refractivity contribution is -0.122. The smallest absolute Gasteiger partial charge is 0.223 e. The fourth-order valence-electron chi connectivity index (χ4n) is 2.17. The van der Waals surface area contributed by atoms with E-state index >= 15 is 0 Å². The molecule has 3 nitrogen and oxygen atoms in total.